The fraction of sp³-hybridized carbons (Fsp3) is 0.0714. The third kappa shape index (κ3) is 3.26. The van der Waals surface area contributed by atoms with Gasteiger partial charge < -0.3 is 14.9 Å². The summed E-state index contributed by atoms with van der Waals surface area (Å²) in [4.78, 5) is 10.6. The molecule has 0 bridgehead atoms. The van der Waals surface area contributed by atoms with Gasteiger partial charge in [0.1, 0.15) is 17.3 Å². The summed E-state index contributed by atoms with van der Waals surface area (Å²) >= 11 is 3.46. The van der Waals surface area contributed by atoms with Crippen molar-refractivity contribution in [2.24, 2.45) is 5.73 Å². The summed E-state index contributed by atoms with van der Waals surface area (Å²) in [5.74, 6) is 1.51. The number of amides is 1. The number of ether oxygens (including phenoxy) is 1. The van der Waals surface area contributed by atoms with Crippen LogP contribution in [-0.2, 0) is 4.79 Å². The van der Waals surface area contributed by atoms with Gasteiger partial charge in [-0.15, -0.1) is 0 Å². The third-order valence-corrected chi connectivity index (χ3v) is 3.14. The highest BCUT2D eigenvalue weighted by atomic mass is 79.9. The first-order valence-electron chi connectivity index (χ1n) is 5.51. The second-order valence-corrected chi connectivity index (χ2v) is 4.64. The number of rotatable bonds is 4. The zero-order chi connectivity index (χ0) is 13.8. The Labute approximate surface area is 119 Å². The Morgan fingerprint density at radius 1 is 1.37 bits per heavy atom. The lowest BCUT2D eigenvalue weighted by Crippen LogP contribution is -2.04. The van der Waals surface area contributed by atoms with Crippen LogP contribution in [0.25, 0.3) is 17.4 Å². The number of hydrogen-bond acceptors (Lipinski definition) is 3. The van der Waals surface area contributed by atoms with Gasteiger partial charge in [-0.05, 0) is 52.3 Å². The monoisotopic (exact) mass is 321 g/mol. The van der Waals surface area contributed by atoms with Crippen LogP contribution in [0, 0.1) is 0 Å². The van der Waals surface area contributed by atoms with Crippen LogP contribution in [0.2, 0.25) is 0 Å². The molecule has 2 rings (SSSR count). The Bertz CT molecular complexity index is 631. The van der Waals surface area contributed by atoms with Crippen LogP contribution in [0.15, 0.2) is 45.3 Å². The molecule has 1 aromatic heterocycles. The summed E-state index contributed by atoms with van der Waals surface area (Å²) in [5, 5.41) is 0. The molecule has 1 amide bonds. The molecule has 0 aliphatic heterocycles. The molecule has 0 spiro atoms. The normalized spacial score (nSPS) is 10.8. The number of furan rings is 1. The molecule has 0 saturated heterocycles. The lowest BCUT2D eigenvalue weighted by molar-refractivity contribution is -0.113. The smallest absolute Gasteiger partial charge is 0.241 e. The van der Waals surface area contributed by atoms with Crippen molar-refractivity contribution >= 4 is 27.9 Å². The Morgan fingerprint density at radius 3 is 2.79 bits per heavy atom. The number of carbonyl (C=O) groups excluding carboxylic acids is 1. The number of nitrogens with two attached hydrogens (primary N) is 1. The zero-order valence-electron chi connectivity index (χ0n) is 10.2. The van der Waals surface area contributed by atoms with E-state index in [0.717, 1.165) is 15.8 Å². The Balaban J connectivity index is 2.30. The molecule has 0 aliphatic carbocycles. The van der Waals surface area contributed by atoms with E-state index in [1.165, 1.54) is 12.2 Å². The van der Waals surface area contributed by atoms with Crippen molar-refractivity contribution in [2.75, 3.05) is 7.11 Å². The van der Waals surface area contributed by atoms with Gasteiger partial charge in [0, 0.05) is 16.1 Å². The van der Waals surface area contributed by atoms with E-state index >= 15 is 0 Å². The summed E-state index contributed by atoms with van der Waals surface area (Å²) in [7, 11) is 1.61. The molecular formula is C14H12BrNO3. The number of carbonyl (C=O) groups is 1. The molecule has 2 aromatic rings. The molecule has 1 aromatic carbocycles. The minimum absolute atomic E-state index is 0.511. The Morgan fingerprint density at radius 2 is 2.16 bits per heavy atom. The predicted molar refractivity (Wildman–Crippen MR) is 76.6 cm³/mol. The first-order chi connectivity index (χ1) is 9.10. The molecule has 5 heteroatoms. The lowest BCUT2D eigenvalue weighted by atomic mass is 10.2. The van der Waals surface area contributed by atoms with Crippen LogP contribution < -0.4 is 10.5 Å². The molecule has 1 heterocycles. The van der Waals surface area contributed by atoms with E-state index in [-0.39, 0.29) is 0 Å². The quantitative estimate of drug-likeness (QED) is 0.879. The molecule has 19 heavy (non-hydrogen) atoms. The van der Waals surface area contributed by atoms with Crippen molar-refractivity contribution in [3.63, 3.8) is 0 Å². The largest absolute Gasteiger partial charge is 0.497 e. The summed E-state index contributed by atoms with van der Waals surface area (Å²) in [6, 6.07) is 9.19. The van der Waals surface area contributed by atoms with E-state index in [9.17, 15) is 4.79 Å². The summed E-state index contributed by atoms with van der Waals surface area (Å²) in [6.07, 6.45) is 2.79. The Kier molecular flexibility index (Phi) is 4.06. The van der Waals surface area contributed by atoms with Crippen molar-refractivity contribution in [2.45, 2.75) is 0 Å². The molecule has 4 nitrogen and oxygen atoms in total. The van der Waals surface area contributed by atoms with Gasteiger partial charge in [0.25, 0.3) is 0 Å². The number of halogens is 1. The summed E-state index contributed by atoms with van der Waals surface area (Å²) in [5.41, 5.74) is 5.93. The maximum absolute atomic E-state index is 10.6. The molecule has 0 radical (unpaired) electrons. The van der Waals surface area contributed by atoms with Gasteiger partial charge in [0.05, 0.1) is 7.11 Å². The molecule has 0 aliphatic rings. The van der Waals surface area contributed by atoms with Crippen LogP contribution in [0.5, 0.6) is 5.75 Å². The van der Waals surface area contributed by atoms with Crippen molar-refractivity contribution in [1.29, 1.82) is 0 Å². The fourth-order valence-corrected chi connectivity index (χ4v) is 2.13. The fourth-order valence-electron chi connectivity index (χ4n) is 1.57. The first kappa shape index (κ1) is 13.4. The standard InChI is InChI=1S/C14H12BrNO3/c1-18-10-2-5-11(12(15)8-10)13-6-3-9(19-13)4-7-14(16)17/h2-8H,1H3,(H2,16,17)/b7-4+. The van der Waals surface area contributed by atoms with Gasteiger partial charge in [-0.25, -0.2) is 0 Å². The maximum atomic E-state index is 10.6. The van der Waals surface area contributed by atoms with E-state index in [1.54, 1.807) is 13.2 Å². The predicted octanol–water partition coefficient (Wildman–Crippen LogP) is 3.22. The van der Waals surface area contributed by atoms with Gasteiger partial charge >= 0.3 is 0 Å². The first-order valence-corrected chi connectivity index (χ1v) is 6.30. The molecule has 0 unspecified atom stereocenters. The van der Waals surface area contributed by atoms with Crippen molar-refractivity contribution in [3.8, 4) is 17.1 Å². The summed E-state index contributed by atoms with van der Waals surface area (Å²) in [6.45, 7) is 0. The second-order valence-electron chi connectivity index (χ2n) is 3.78. The van der Waals surface area contributed by atoms with Crippen LogP contribution in [-0.4, -0.2) is 13.0 Å². The molecular weight excluding hydrogens is 310 g/mol. The van der Waals surface area contributed by atoms with E-state index in [1.807, 2.05) is 24.3 Å². The van der Waals surface area contributed by atoms with Gasteiger partial charge in [-0.3, -0.25) is 4.79 Å². The van der Waals surface area contributed by atoms with Crippen molar-refractivity contribution in [3.05, 3.63) is 46.6 Å². The average Bonchev–Trinajstić information content (AvgIpc) is 2.84. The third-order valence-electron chi connectivity index (χ3n) is 2.48. The topological polar surface area (TPSA) is 65.5 Å². The number of primary amides is 1. The zero-order valence-corrected chi connectivity index (χ0v) is 11.8. The number of benzene rings is 1. The van der Waals surface area contributed by atoms with Crippen molar-refractivity contribution < 1.29 is 13.9 Å². The molecule has 0 atom stereocenters. The highest BCUT2D eigenvalue weighted by Crippen LogP contribution is 2.32. The number of methoxy groups -OCH3 is 1. The van der Waals surface area contributed by atoms with Crippen LogP contribution >= 0.6 is 15.9 Å². The highest BCUT2D eigenvalue weighted by molar-refractivity contribution is 9.10. The van der Waals surface area contributed by atoms with E-state index < -0.39 is 5.91 Å². The maximum Gasteiger partial charge on any atom is 0.241 e. The van der Waals surface area contributed by atoms with Gasteiger partial charge in [-0.1, -0.05) is 0 Å². The molecule has 98 valence electrons. The summed E-state index contributed by atoms with van der Waals surface area (Å²) < 4.78 is 11.6. The molecule has 0 fully saturated rings. The minimum Gasteiger partial charge on any atom is -0.497 e. The highest BCUT2D eigenvalue weighted by Gasteiger charge is 2.08. The SMILES string of the molecule is COc1ccc(-c2ccc(/C=C/C(N)=O)o2)c(Br)c1. The van der Waals surface area contributed by atoms with E-state index in [4.69, 9.17) is 14.9 Å². The van der Waals surface area contributed by atoms with Gasteiger partial charge in [-0.2, -0.15) is 0 Å². The lowest BCUT2D eigenvalue weighted by Gasteiger charge is -2.04. The second kappa shape index (κ2) is 5.75. The average molecular weight is 322 g/mol. The van der Waals surface area contributed by atoms with Gasteiger partial charge in [0.2, 0.25) is 5.91 Å². The van der Waals surface area contributed by atoms with Crippen LogP contribution in [0.3, 0.4) is 0 Å². The Hall–Kier alpha value is -2.01. The van der Waals surface area contributed by atoms with E-state index in [0.29, 0.717) is 11.5 Å². The van der Waals surface area contributed by atoms with Crippen molar-refractivity contribution in [1.82, 2.24) is 0 Å². The number of hydrogen-bond donors (Lipinski definition) is 1. The molecule has 2 N–H and O–H groups in total. The van der Waals surface area contributed by atoms with Crippen LogP contribution in [0.1, 0.15) is 5.76 Å². The van der Waals surface area contributed by atoms with E-state index in [2.05, 4.69) is 15.9 Å². The minimum atomic E-state index is -0.511. The van der Waals surface area contributed by atoms with Crippen LogP contribution in [0.4, 0.5) is 0 Å². The van der Waals surface area contributed by atoms with Gasteiger partial charge in [0.15, 0.2) is 0 Å². The molecule has 0 saturated carbocycles.